The predicted octanol–water partition coefficient (Wildman–Crippen LogP) is 4.41. The summed E-state index contributed by atoms with van der Waals surface area (Å²) >= 11 is 5.72. The van der Waals surface area contributed by atoms with Crippen LogP contribution in [0, 0.1) is 23.0 Å². The minimum Gasteiger partial charge on any atom is -0.288 e. The van der Waals surface area contributed by atoms with E-state index in [-0.39, 0.29) is 16.7 Å². The van der Waals surface area contributed by atoms with Crippen molar-refractivity contribution in [2.45, 2.75) is 0 Å². The average Bonchev–Trinajstić information content (AvgIpc) is 2.48. The average molecular weight is 304 g/mol. The number of nitrogens with zero attached hydrogens (tertiary/aromatic N) is 1. The van der Waals surface area contributed by atoms with Gasteiger partial charge in [0.1, 0.15) is 11.6 Å². The number of halogens is 3. The van der Waals surface area contributed by atoms with Gasteiger partial charge in [0.05, 0.1) is 0 Å². The number of rotatable bonds is 3. The highest BCUT2D eigenvalue weighted by atomic mass is 35.5. The van der Waals surface area contributed by atoms with Crippen molar-refractivity contribution >= 4 is 23.5 Å². The van der Waals surface area contributed by atoms with Crippen LogP contribution in [-0.4, -0.2) is 5.78 Å². The molecule has 2 rings (SSSR count). The Morgan fingerprint density at radius 2 is 1.76 bits per heavy atom. The summed E-state index contributed by atoms with van der Waals surface area (Å²) in [5, 5.41) is 9.53. The van der Waals surface area contributed by atoms with Crippen LogP contribution in [0.2, 0.25) is 5.02 Å². The van der Waals surface area contributed by atoms with Gasteiger partial charge in [-0.05, 0) is 48.0 Å². The van der Waals surface area contributed by atoms with Crippen LogP contribution in [-0.2, 0) is 0 Å². The van der Waals surface area contributed by atoms with Gasteiger partial charge in [0.2, 0.25) is 5.78 Å². The second kappa shape index (κ2) is 6.29. The Balaban J connectivity index is 2.36. The van der Waals surface area contributed by atoms with E-state index in [1.165, 1.54) is 36.4 Å². The lowest BCUT2D eigenvalue weighted by Crippen LogP contribution is -2.01. The van der Waals surface area contributed by atoms with Crippen LogP contribution in [0.4, 0.5) is 8.78 Å². The fourth-order valence-electron chi connectivity index (χ4n) is 1.67. The number of ketones is 1. The van der Waals surface area contributed by atoms with Crippen molar-refractivity contribution < 1.29 is 13.6 Å². The molecular weight excluding hydrogens is 296 g/mol. The SMILES string of the molecule is N#C/C(=C\c1ccc(F)c(F)c1)C(=O)c1ccc(Cl)cc1. The molecule has 0 spiro atoms. The van der Waals surface area contributed by atoms with E-state index in [4.69, 9.17) is 16.9 Å². The van der Waals surface area contributed by atoms with Crippen molar-refractivity contribution in [3.8, 4) is 6.07 Å². The summed E-state index contributed by atoms with van der Waals surface area (Å²) < 4.78 is 26.0. The topological polar surface area (TPSA) is 40.9 Å². The van der Waals surface area contributed by atoms with E-state index in [0.29, 0.717) is 5.02 Å². The Morgan fingerprint density at radius 1 is 1.10 bits per heavy atom. The Kier molecular flexibility index (Phi) is 4.46. The maximum absolute atomic E-state index is 13.1. The van der Waals surface area contributed by atoms with Crippen LogP contribution < -0.4 is 0 Å². The van der Waals surface area contributed by atoms with Crippen molar-refractivity contribution in [3.05, 3.63) is 75.8 Å². The number of nitriles is 1. The molecule has 0 aliphatic carbocycles. The van der Waals surface area contributed by atoms with Crippen LogP contribution in [0.25, 0.3) is 6.08 Å². The number of carbonyl (C=O) groups is 1. The third kappa shape index (κ3) is 3.53. The van der Waals surface area contributed by atoms with Crippen LogP contribution in [0.5, 0.6) is 0 Å². The van der Waals surface area contributed by atoms with Crippen molar-refractivity contribution in [1.82, 2.24) is 0 Å². The monoisotopic (exact) mass is 303 g/mol. The minimum absolute atomic E-state index is 0.177. The van der Waals surface area contributed by atoms with Gasteiger partial charge in [-0.15, -0.1) is 0 Å². The number of allylic oxidation sites excluding steroid dienone is 1. The van der Waals surface area contributed by atoms with E-state index in [9.17, 15) is 13.6 Å². The lowest BCUT2D eigenvalue weighted by atomic mass is 10.0. The van der Waals surface area contributed by atoms with E-state index in [1.807, 2.05) is 0 Å². The highest BCUT2D eigenvalue weighted by Gasteiger charge is 2.12. The number of hydrogen-bond acceptors (Lipinski definition) is 2. The molecule has 0 saturated carbocycles. The summed E-state index contributed by atoms with van der Waals surface area (Å²) in [7, 11) is 0. The Morgan fingerprint density at radius 3 is 2.33 bits per heavy atom. The lowest BCUT2D eigenvalue weighted by molar-refractivity contribution is 0.104. The number of carbonyl (C=O) groups excluding carboxylic acids is 1. The summed E-state index contributed by atoms with van der Waals surface area (Å²) in [6, 6.07) is 10.9. The van der Waals surface area contributed by atoms with Gasteiger partial charge in [-0.2, -0.15) is 5.26 Å². The van der Waals surface area contributed by atoms with E-state index in [0.717, 1.165) is 12.1 Å². The molecule has 0 N–H and O–H groups in total. The van der Waals surface area contributed by atoms with Crippen molar-refractivity contribution in [3.63, 3.8) is 0 Å². The fraction of sp³-hybridized carbons (Fsp3) is 0. The smallest absolute Gasteiger partial charge is 0.203 e. The molecule has 2 nitrogen and oxygen atoms in total. The van der Waals surface area contributed by atoms with Crippen molar-refractivity contribution in [1.29, 1.82) is 5.26 Å². The quantitative estimate of drug-likeness (QED) is 0.479. The summed E-state index contributed by atoms with van der Waals surface area (Å²) in [5.74, 6) is -2.55. The summed E-state index contributed by atoms with van der Waals surface area (Å²) in [5.41, 5.74) is 0.339. The predicted molar refractivity (Wildman–Crippen MR) is 75.7 cm³/mol. The maximum atomic E-state index is 13.1. The Bertz CT molecular complexity index is 761. The molecule has 104 valence electrons. The van der Waals surface area contributed by atoms with Crippen molar-refractivity contribution in [2.24, 2.45) is 0 Å². The first-order valence-corrected chi connectivity index (χ1v) is 6.26. The highest BCUT2D eigenvalue weighted by molar-refractivity contribution is 6.30. The highest BCUT2D eigenvalue weighted by Crippen LogP contribution is 2.16. The summed E-state index contributed by atoms with van der Waals surface area (Å²) in [6.45, 7) is 0. The molecule has 0 aromatic heterocycles. The van der Waals surface area contributed by atoms with E-state index < -0.39 is 17.4 Å². The number of hydrogen-bond donors (Lipinski definition) is 0. The molecule has 0 saturated heterocycles. The minimum atomic E-state index is -1.04. The zero-order valence-corrected chi connectivity index (χ0v) is 11.4. The molecule has 2 aromatic carbocycles. The van der Waals surface area contributed by atoms with Gasteiger partial charge in [0.15, 0.2) is 11.6 Å². The normalized spacial score (nSPS) is 11.0. The molecule has 0 bridgehead atoms. The first kappa shape index (κ1) is 14.9. The molecular formula is C16H8ClF2NO. The molecule has 0 fully saturated rings. The molecule has 21 heavy (non-hydrogen) atoms. The van der Waals surface area contributed by atoms with Gasteiger partial charge >= 0.3 is 0 Å². The largest absolute Gasteiger partial charge is 0.288 e. The molecule has 0 unspecified atom stereocenters. The molecule has 5 heteroatoms. The number of benzene rings is 2. The molecule has 0 aliphatic rings. The summed E-state index contributed by atoms with van der Waals surface area (Å²) in [6.07, 6.45) is 1.21. The Labute approximate surface area is 124 Å². The zero-order chi connectivity index (χ0) is 15.4. The van der Waals surface area contributed by atoms with Gasteiger partial charge in [-0.3, -0.25) is 4.79 Å². The van der Waals surface area contributed by atoms with Crippen molar-refractivity contribution in [2.75, 3.05) is 0 Å². The van der Waals surface area contributed by atoms with Crippen LogP contribution in [0.3, 0.4) is 0 Å². The second-order valence-electron chi connectivity index (χ2n) is 4.18. The van der Waals surface area contributed by atoms with Crippen LogP contribution in [0.1, 0.15) is 15.9 Å². The van der Waals surface area contributed by atoms with Gasteiger partial charge in [-0.25, -0.2) is 8.78 Å². The molecule has 0 heterocycles. The maximum Gasteiger partial charge on any atom is 0.203 e. The van der Waals surface area contributed by atoms with Gasteiger partial charge < -0.3 is 0 Å². The van der Waals surface area contributed by atoms with E-state index in [2.05, 4.69) is 0 Å². The van der Waals surface area contributed by atoms with Crippen LogP contribution >= 0.6 is 11.6 Å². The van der Waals surface area contributed by atoms with Gasteiger partial charge in [-0.1, -0.05) is 17.7 Å². The third-order valence-corrected chi connectivity index (χ3v) is 2.98. The fourth-order valence-corrected chi connectivity index (χ4v) is 1.80. The summed E-state index contributed by atoms with van der Waals surface area (Å²) in [4.78, 5) is 12.1. The van der Waals surface area contributed by atoms with Gasteiger partial charge in [0, 0.05) is 10.6 Å². The van der Waals surface area contributed by atoms with E-state index >= 15 is 0 Å². The number of Topliss-reactive ketones (excluding diaryl/α,β-unsaturated/α-hetero) is 1. The van der Waals surface area contributed by atoms with Gasteiger partial charge in [0.25, 0.3) is 0 Å². The van der Waals surface area contributed by atoms with E-state index in [1.54, 1.807) is 6.07 Å². The molecule has 0 aliphatic heterocycles. The molecule has 0 amide bonds. The van der Waals surface area contributed by atoms with Crippen LogP contribution in [0.15, 0.2) is 48.0 Å². The lowest BCUT2D eigenvalue weighted by Gasteiger charge is -2.01. The standard InChI is InChI=1S/C16H8ClF2NO/c17-13-4-2-11(3-5-13)16(21)12(9-20)7-10-1-6-14(18)15(19)8-10/h1-8H/b12-7+. The Hall–Kier alpha value is -2.51. The zero-order valence-electron chi connectivity index (χ0n) is 10.6. The molecule has 0 radical (unpaired) electrons. The molecule has 2 aromatic rings. The molecule has 0 atom stereocenters. The first-order valence-electron chi connectivity index (χ1n) is 5.88. The first-order chi connectivity index (χ1) is 10.0. The third-order valence-electron chi connectivity index (χ3n) is 2.73. The second-order valence-corrected chi connectivity index (χ2v) is 4.62.